The Morgan fingerprint density at radius 2 is 1.07 bits per heavy atom. The van der Waals surface area contributed by atoms with Crippen LogP contribution >= 0.6 is 7.82 Å². The molecule has 11 nitrogen and oxygen atoms in total. The summed E-state index contributed by atoms with van der Waals surface area (Å²) in [4.78, 5) is 47.2. The minimum atomic E-state index is -4.69. The summed E-state index contributed by atoms with van der Waals surface area (Å²) in [5, 5.41) is 18.3. The highest BCUT2D eigenvalue weighted by atomic mass is 31.2. The van der Waals surface area contributed by atoms with Crippen LogP contribution in [0, 0.1) is 0 Å². The molecule has 58 heavy (non-hydrogen) atoms. The topological polar surface area (TPSA) is 166 Å². The number of carbonyl (C=O) groups is 3. The van der Waals surface area contributed by atoms with Crippen LogP contribution < -0.4 is 0 Å². The number of hydrogen-bond donors (Lipinski definition) is 3. The minimum absolute atomic E-state index is 0.110. The standard InChI is InChI=1S/C46H77O11P/c1-3-5-7-9-11-13-15-17-18-19-20-22-24-26-28-30-32-36-45(50)54-40-44(41-56-58(52,53)55-39-43(49)38-47)57-46(51)37-33-35-42(48)34-31-29-27-25-23-21-16-14-12-10-8-6-4-2/h11-14,17-18,21,23,27,29,31,34,43-44,47,49H,3-10,15-16,19-20,22,24-26,28,30,32-33,35-41H2,1-2H3,(H,52,53)/b13-11-,14-12-,18-17-,23-21-,29-27-,34-31+/t43-,44+/m0/s1. The molecule has 1 unspecified atom stereocenters. The third-order valence-corrected chi connectivity index (χ3v) is 9.76. The summed E-state index contributed by atoms with van der Waals surface area (Å²) < 4.78 is 32.5. The Balaban J connectivity index is 4.51. The molecule has 0 bridgehead atoms. The molecule has 0 saturated carbocycles. The number of esters is 2. The molecular weight excluding hydrogens is 759 g/mol. The predicted octanol–water partition coefficient (Wildman–Crippen LogP) is 10.8. The molecule has 332 valence electrons. The maximum Gasteiger partial charge on any atom is 0.472 e. The number of phosphoric acid groups is 1. The van der Waals surface area contributed by atoms with E-state index in [9.17, 15) is 28.9 Å². The Morgan fingerprint density at radius 3 is 1.66 bits per heavy atom. The maximum atomic E-state index is 12.6. The van der Waals surface area contributed by atoms with E-state index >= 15 is 0 Å². The molecule has 0 saturated heterocycles. The number of ketones is 1. The third kappa shape index (κ3) is 39.9. The second kappa shape index (κ2) is 40.8. The van der Waals surface area contributed by atoms with Crippen LogP contribution in [0.5, 0.6) is 0 Å². The first-order valence-corrected chi connectivity index (χ1v) is 23.3. The van der Waals surface area contributed by atoms with Gasteiger partial charge in [0, 0.05) is 19.3 Å². The Hall–Kier alpha value is -2.92. The van der Waals surface area contributed by atoms with Gasteiger partial charge in [-0.1, -0.05) is 138 Å². The van der Waals surface area contributed by atoms with Crippen molar-refractivity contribution in [2.24, 2.45) is 0 Å². The molecule has 0 radical (unpaired) electrons. The lowest BCUT2D eigenvalue weighted by Gasteiger charge is -2.20. The van der Waals surface area contributed by atoms with E-state index < -0.39 is 58.4 Å². The van der Waals surface area contributed by atoms with E-state index in [4.69, 9.17) is 19.1 Å². The van der Waals surface area contributed by atoms with E-state index in [0.717, 1.165) is 57.8 Å². The summed E-state index contributed by atoms with van der Waals surface area (Å²) in [7, 11) is -4.69. The molecule has 0 aromatic carbocycles. The van der Waals surface area contributed by atoms with Crippen molar-refractivity contribution in [1.82, 2.24) is 0 Å². The van der Waals surface area contributed by atoms with Crippen molar-refractivity contribution in [2.75, 3.05) is 26.4 Å². The number of rotatable bonds is 40. The van der Waals surface area contributed by atoms with E-state index in [1.807, 2.05) is 6.08 Å². The molecule has 0 aliphatic carbocycles. The number of hydrogen-bond acceptors (Lipinski definition) is 10. The van der Waals surface area contributed by atoms with Gasteiger partial charge in [0.1, 0.15) is 12.7 Å². The Labute approximate surface area is 350 Å². The van der Waals surface area contributed by atoms with Crippen LogP contribution in [0.25, 0.3) is 0 Å². The van der Waals surface area contributed by atoms with Gasteiger partial charge in [0.05, 0.1) is 19.8 Å². The lowest BCUT2D eigenvalue weighted by Crippen LogP contribution is -2.30. The molecule has 0 rings (SSSR count). The molecule has 0 aromatic rings. The van der Waals surface area contributed by atoms with Gasteiger partial charge in [-0.15, -0.1) is 0 Å². The Bertz CT molecular complexity index is 1250. The first-order valence-electron chi connectivity index (χ1n) is 21.8. The van der Waals surface area contributed by atoms with E-state index in [0.29, 0.717) is 6.42 Å². The predicted molar refractivity (Wildman–Crippen MR) is 233 cm³/mol. The highest BCUT2D eigenvalue weighted by Gasteiger charge is 2.27. The smallest absolute Gasteiger partial charge is 0.462 e. The van der Waals surface area contributed by atoms with Crippen molar-refractivity contribution in [3.05, 3.63) is 72.9 Å². The Morgan fingerprint density at radius 1 is 0.569 bits per heavy atom. The number of allylic oxidation sites excluding steroid dienone is 12. The average molecular weight is 837 g/mol. The van der Waals surface area contributed by atoms with E-state index in [1.54, 1.807) is 12.2 Å². The van der Waals surface area contributed by atoms with Gasteiger partial charge in [-0.3, -0.25) is 23.4 Å². The van der Waals surface area contributed by atoms with Crippen LogP contribution in [-0.4, -0.2) is 71.5 Å². The van der Waals surface area contributed by atoms with Crippen LogP contribution in [0.1, 0.15) is 162 Å². The van der Waals surface area contributed by atoms with Gasteiger partial charge in [0.2, 0.25) is 0 Å². The fourth-order valence-corrected chi connectivity index (χ4v) is 6.18. The average Bonchev–Trinajstić information content (AvgIpc) is 3.20. The number of carbonyl (C=O) groups excluding carboxylic acids is 3. The number of ether oxygens (including phenoxy) is 2. The number of aliphatic hydroxyl groups is 2. The lowest BCUT2D eigenvalue weighted by atomic mass is 10.1. The van der Waals surface area contributed by atoms with Crippen molar-refractivity contribution in [2.45, 2.75) is 174 Å². The SMILES string of the molecule is CCCCC/C=C\C/C=C\C/C=C\C=C\C(=O)CCCC(=O)O[C@H](COC(=O)CCCCCCCCC/C=C\C/C=C\CCCCC)COP(=O)(O)OC[C@@H](O)CO. The highest BCUT2D eigenvalue weighted by molar-refractivity contribution is 7.47. The van der Waals surface area contributed by atoms with Crippen molar-refractivity contribution < 1.29 is 52.6 Å². The van der Waals surface area contributed by atoms with Crippen molar-refractivity contribution in [3.8, 4) is 0 Å². The van der Waals surface area contributed by atoms with Crippen molar-refractivity contribution >= 4 is 25.5 Å². The second-order valence-electron chi connectivity index (χ2n) is 14.4. The molecule has 0 heterocycles. The maximum absolute atomic E-state index is 12.6. The summed E-state index contributed by atoms with van der Waals surface area (Å²) in [5.74, 6) is -1.35. The van der Waals surface area contributed by atoms with E-state index in [2.05, 4.69) is 67.0 Å². The zero-order valence-electron chi connectivity index (χ0n) is 35.7. The van der Waals surface area contributed by atoms with Gasteiger partial charge < -0.3 is 24.6 Å². The molecule has 0 fully saturated rings. The Kier molecular flexibility index (Phi) is 38.8. The van der Waals surface area contributed by atoms with E-state index in [-0.39, 0.29) is 31.5 Å². The summed E-state index contributed by atoms with van der Waals surface area (Å²) >= 11 is 0. The van der Waals surface area contributed by atoms with Gasteiger partial charge in [0.25, 0.3) is 0 Å². The summed E-state index contributed by atoms with van der Waals surface area (Å²) in [6.45, 7) is 2.03. The molecule has 3 atom stereocenters. The lowest BCUT2D eigenvalue weighted by molar-refractivity contribution is -0.161. The van der Waals surface area contributed by atoms with Crippen LogP contribution in [-0.2, 0) is 37.5 Å². The molecule has 3 N–H and O–H groups in total. The second-order valence-corrected chi connectivity index (χ2v) is 15.8. The van der Waals surface area contributed by atoms with Crippen molar-refractivity contribution in [1.29, 1.82) is 0 Å². The molecule has 0 amide bonds. The normalized spacial score (nSPS) is 14.4. The summed E-state index contributed by atoms with van der Waals surface area (Å²) in [5.41, 5.74) is 0. The summed E-state index contributed by atoms with van der Waals surface area (Å²) in [6, 6.07) is 0. The van der Waals surface area contributed by atoms with Crippen molar-refractivity contribution in [3.63, 3.8) is 0 Å². The van der Waals surface area contributed by atoms with Crippen LogP contribution in [0.3, 0.4) is 0 Å². The first-order chi connectivity index (χ1) is 28.1. The quantitative estimate of drug-likeness (QED) is 0.0134. The van der Waals surface area contributed by atoms with Gasteiger partial charge in [0.15, 0.2) is 11.9 Å². The number of unbranched alkanes of at least 4 members (excludes halogenated alkanes) is 13. The van der Waals surface area contributed by atoms with Gasteiger partial charge in [-0.25, -0.2) is 4.57 Å². The van der Waals surface area contributed by atoms with Crippen LogP contribution in [0.2, 0.25) is 0 Å². The highest BCUT2D eigenvalue weighted by Crippen LogP contribution is 2.43. The van der Waals surface area contributed by atoms with Crippen LogP contribution in [0.15, 0.2) is 72.9 Å². The zero-order chi connectivity index (χ0) is 42.8. The molecule has 0 aliphatic rings. The van der Waals surface area contributed by atoms with Gasteiger partial charge in [-0.05, 0) is 76.7 Å². The van der Waals surface area contributed by atoms with Gasteiger partial charge in [-0.2, -0.15) is 0 Å². The van der Waals surface area contributed by atoms with Crippen LogP contribution in [0.4, 0.5) is 0 Å². The molecule has 12 heteroatoms. The number of phosphoric ester groups is 1. The third-order valence-electron chi connectivity index (χ3n) is 8.81. The largest absolute Gasteiger partial charge is 0.472 e. The fourth-order valence-electron chi connectivity index (χ4n) is 5.39. The molecule has 0 aliphatic heterocycles. The fraction of sp³-hybridized carbons (Fsp3) is 0.674. The summed E-state index contributed by atoms with van der Waals surface area (Å²) in [6.07, 6.45) is 43.0. The zero-order valence-corrected chi connectivity index (χ0v) is 36.6. The number of aliphatic hydroxyl groups excluding tert-OH is 2. The molecule has 0 spiro atoms. The van der Waals surface area contributed by atoms with Gasteiger partial charge >= 0.3 is 19.8 Å². The minimum Gasteiger partial charge on any atom is -0.462 e. The van der Waals surface area contributed by atoms with E-state index in [1.165, 1.54) is 63.9 Å². The monoisotopic (exact) mass is 837 g/mol. The molecule has 0 aromatic heterocycles. The first kappa shape index (κ1) is 55.1. The molecular formula is C46H77O11P.